The Kier molecular flexibility index (Phi) is 3.31. The first-order chi connectivity index (χ1) is 5.68. The molecule has 1 amide bonds. The van der Waals surface area contributed by atoms with Gasteiger partial charge in [-0.15, -0.1) is 0 Å². The van der Waals surface area contributed by atoms with Gasteiger partial charge in [0.15, 0.2) is 0 Å². The maximum absolute atomic E-state index is 10.1. The molecule has 0 aromatic heterocycles. The highest BCUT2D eigenvalue weighted by molar-refractivity contribution is 5.64. The number of carboxylic acid groups (broad SMARTS) is 1. The van der Waals surface area contributed by atoms with Crippen molar-refractivity contribution in [3.8, 4) is 0 Å². The lowest BCUT2D eigenvalue weighted by atomic mass is 10.3. The molecule has 1 atom stereocenters. The molecule has 0 aliphatic carbocycles. The molecular formula is C7H14N2O3. The van der Waals surface area contributed by atoms with Crippen molar-refractivity contribution in [1.29, 1.82) is 0 Å². The van der Waals surface area contributed by atoms with Gasteiger partial charge < -0.3 is 15.5 Å². The van der Waals surface area contributed by atoms with Crippen LogP contribution in [0.2, 0.25) is 0 Å². The van der Waals surface area contributed by atoms with E-state index in [0.717, 1.165) is 13.0 Å². The Hall–Kier alpha value is -0.810. The molecule has 1 aliphatic rings. The van der Waals surface area contributed by atoms with Crippen LogP contribution in [0.25, 0.3) is 0 Å². The summed E-state index contributed by atoms with van der Waals surface area (Å²) in [4.78, 5) is 12.1. The number of β-amino-alcohol motifs (C(OH)–C–C–N with tert-alkyl or cyclic N) is 1. The maximum atomic E-state index is 10.1. The van der Waals surface area contributed by atoms with Gasteiger partial charge in [-0.05, 0) is 6.42 Å². The predicted octanol–water partition coefficient (Wildman–Crippen LogP) is -0.679. The van der Waals surface area contributed by atoms with Gasteiger partial charge in [-0.3, -0.25) is 4.90 Å². The number of hydrogen-bond acceptors (Lipinski definition) is 3. The molecule has 1 fully saturated rings. The number of likely N-dealkylation sites (tertiary alicyclic amines) is 1. The van der Waals surface area contributed by atoms with E-state index in [2.05, 4.69) is 5.32 Å². The summed E-state index contributed by atoms with van der Waals surface area (Å²) in [5.41, 5.74) is 0. The fourth-order valence-electron chi connectivity index (χ4n) is 1.34. The van der Waals surface area contributed by atoms with Crippen LogP contribution in [0.4, 0.5) is 4.79 Å². The normalized spacial score (nSPS) is 24.2. The number of amides is 1. The van der Waals surface area contributed by atoms with E-state index in [4.69, 9.17) is 10.2 Å². The van der Waals surface area contributed by atoms with Crippen LogP contribution in [0.15, 0.2) is 0 Å². The summed E-state index contributed by atoms with van der Waals surface area (Å²) in [6, 6.07) is 0. The number of aliphatic hydroxyl groups is 1. The first-order valence-electron chi connectivity index (χ1n) is 4.05. The summed E-state index contributed by atoms with van der Waals surface area (Å²) in [7, 11) is 0. The molecule has 0 radical (unpaired) electrons. The minimum Gasteiger partial charge on any atom is -0.465 e. The van der Waals surface area contributed by atoms with Crippen molar-refractivity contribution < 1.29 is 15.0 Å². The Labute approximate surface area is 71.0 Å². The summed E-state index contributed by atoms with van der Waals surface area (Å²) in [5, 5.41) is 19.7. The molecule has 0 spiro atoms. The summed E-state index contributed by atoms with van der Waals surface area (Å²) < 4.78 is 0. The molecule has 0 saturated carbocycles. The van der Waals surface area contributed by atoms with E-state index in [9.17, 15) is 4.79 Å². The van der Waals surface area contributed by atoms with Gasteiger partial charge in [0.05, 0.1) is 6.10 Å². The van der Waals surface area contributed by atoms with Gasteiger partial charge in [-0.1, -0.05) is 0 Å². The lowest BCUT2D eigenvalue weighted by Crippen LogP contribution is -2.33. The Balaban J connectivity index is 2.04. The lowest BCUT2D eigenvalue weighted by Gasteiger charge is -2.13. The Morgan fingerprint density at radius 2 is 2.42 bits per heavy atom. The van der Waals surface area contributed by atoms with Gasteiger partial charge in [0, 0.05) is 26.2 Å². The highest BCUT2D eigenvalue weighted by atomic mass is 16.4. The van der Waals surface area contributed by atoms with E-state index < -0.39 is 6.09 Å². The van der Waals surface area contributed by atoms with Crippen LogP contribution in [-0.4, -0.2) is 53.5 Å². The minimum absolute atomic E-state index is 0.227. The summed E-state index contributed by atoms with van der Waals surface area (Å²) in [6.07, 6.45) is -0.419. The van der Waals surface area contributed by atoms with Crippen LogP contribution >= 0.6 is 0 Å². The SMILES string of the molecule is O=C(O)NCCN1CCC(O)C1. The second kappa shape index (κ2) is 4.27. The van der Waals surface area contributed by atoms with E-state index in [1.807, 2.05) is 4.90 Å². The zero-order valence-electron chi connectivity index (χ0n) is 6.86. The summed E-state index contributed by atoms with van der Waals surface area (Å²) in [6.45, 7) is 2.65. The van der Waals surface area contributed by atoms with Gasteiger partial charge >= 0.3 is 6.09 Å². The molecule has 1 aliphatic heterocycles. The average molecular weight is 174 g/mol. The van der Waals surface area contributed by atoms with E-state index in [1.54, 1.807) is 0 Å². The number of nitrogens with zero attached hydrogens (tertiary/aromatic N) is 1. The van der Waals surface area contributed by atoms with Crippen molar-refractivity contribution in [2.45, 2.75) is 12.5 Å². The molecule has 1 saturated heterocycles. The molecule has 3 N–H and O–H groups in total. The van der Waals surface area contributed by atoms with Crippen molar-refractivity contribution >= 4 is 6.09 Å². The molecule has 1 unspecified atom stereocenters. The van der Waals surface area contributed by atoms with Gasteiger partial charge in [-0.2, -0.15) is 0 Å². The highest BCUT2D eigenvalue weighted by Crippen LogP contribution is 2.06. The quantitative estimate of drug-likeness (QED) is 0.530. The molecule has 12 heavy (non-hydrogen) atoms. The molecule has 70 valence electrons. The number of rotatable bonds is 3. The maximum Gasteiger partial charge on any atom is 0.404 e. The topological polar surface area (TPSA) is 72.8 Å². The minimum atomic E-state index is -0.991. The summed E-state index contributed by atoms with van der Waals surface area (Å²) in [5.74, 6) is 0. The predicted molar refractivity (Wildman–Crippen MR) is 43.1 cm³/mol. The standard InChI is InChI=1S/C7H14N2O3/c10-6-1-3-9(5-6)4-2-8-7(11)12/h6,8,10H,1-5H2,(H,11,12). The third kappa shape index (κ3) is 3.06. The molecular weight excluding hydrogens is 160 g/mol. The number of carbonyl (C=O) groups is 1. The van der Waals surface area contributed by atoms with Crippen molar-refractivity contribution in [2.75, 3.05) is 26.2 Å². The Bertz CT molecular complexity index is 163. The second-order valence-electron chi connectivity index (χ2n) is 2.98. The molecule has 5 nitrogen and oxygen atoms in total. The summed E-state index contributed by atoms with van der Waals surface area (Å²) >= 11 is 0. The van der Waals surface area contributed by atoms with E-state index in [-0.39, 0.29) is 6.10 Å². The fraction of sp³-hybridized carbons (Fsp3) is 0.857. The van der Waals surface area contributed by atoms with Crippen LogP contribution < -0.4 is 5.32 Å². The van der Waals surface area contributed by atoms with Crippen molar-refractivity contribution in [2.24, 2.45) is 0 Å². The van der Waals surface area contributed by atoms with Crippen LogP contribution in [0, 0.1) is 0 Å². The van der Waals surface area contributed by atoms with E-state index >= 15 is 0 Å². The Morgan fingerprint density at radius 1 is 1.67 bits per heavy atom. The first kappa shape index (κ1) is 9.28. The van der Waals surface area contributed by atoms with E-state index in [1.165, 1.54) is 0 Å². The molecule has 0 bridgehead atoms. The zero-order chi connectivity index (χ0) is 8.97. The van der Waals surface area contributed by atoms with Crippen molar-refractivity contribution in [3.63, 3.8) is 0 Å². The molecule has 0 aromatic carbocycles. The third-order valence-electron chi connectivity index (χ3n) is 1.95. The zero-order valence-corrected chi connectivity index (χ0v) is 6.86. The highest BCUT2D eigenvalue weighted by Gasteiger charge is 2.19. The molecule has 0 aromatic rings. The monoisotopic (exact) mass is 174 g/mol. The first-order valence-corrected chi connectivity index (χ1v) is 4.05. The van der Waals surface area contributed by atoms with Crippen molar-refractivity contribution in [3.05, 3.63) is 0 Å². The van der Waals surface area contributed by atoms with Gasteiger partial charge in [-0.25, -0.2) is 4.79 Å². The molecule has 5 heteroatoms. The number of hydrogen-bond donors (Lipinski definition) is 3. The van der Waals surface area contributed by atoms with Crippen LogP contribution in [0.1, 0.15) is 6.42 Å². The second-order valence-corrected chi connectivity index (χ2v) is 2.98. The smallest absolute Gasteiger partial charge is 0.404 e. The fourth-order valence-corrected chi connectivity index (χ4v) is 1.34. The van der Waals surface area contributed by atoms with Crippen LogP contribution in [0.5, 0.6) is 0 Å². The molecule has 1 rings (SSSR count). The van der Waals surface area contributed by atoms with Crippen molar-refractivity contribution in [1.82, 2.24) is 10.2 Å². The van der Waals surface area contributed by atoms with Crippen LogP contribution in [0.3, 0.4) is 0 Å². The van der Waals surface area contributed by atoms with Gasteiger partial charge in [0.1, 0.15) is 0 Å². The average Bonchev–Trinajstić information content (AvgIpc) is 2.35. The number of aliphatic hydroxyl groups excluding tert-OH is 1. The van der Waals surface area contributed by atoms with E-state index in [0.29, 0.717) is 19.6 Å². The lowest BCUT2D eigenvalue weighted by molar-refractivity contribution is 0.174. The third-order valence-corrected chi connectivity index (χ3v) is 1.95. The van der Waals surface area contributed by atoms with Gasteiger partial charge in [0.2, 0.25) is 0 Å². The van der Waals surface area contributed by atoms with Crippen LogP contribution in [-0.2, 0) is 0 Å². The molecule has 1 heterocycles. The Morgan fingerprint density at radius 3 is 2.92 bits per heavy atom. The number of nitrogens with one attached hydrogen (secondary N) is 1. The van der Waals surface area contributed by atoms with Gasteiger partial charge in [0.25, 0.3) is 0 Å². The largest absolute Gasteiger partial charge is 0.465 e.